The summed E-state index contributed by atoms with van der Waals surface area (Å²) >= 11 is 0. The summed E-state index contributed by atoms with van der Waals surface area (Å²) in [7, 11) is 0. The summed E-state index contributed by atoms with van der Waals surface area (Å²) in [6.07, 6.45) is -2.78. The molecule has 2 aromatic rings. The quantitative estimate of drug-likeness (QED) is 0.555. The van der Waals surface area contributed by atoms with Gasteiger partial charge in [-0.05, 0) is 0 Å². The molecule has 2 aliphatic heterocycles. The highest BCUT2D eigenvalue weighted by atomic mass is 19.1. The van der Waals surface area contributed by atoms with Gasteiger partial charge in [-0.25, -0.2) is 9.37 Å². The first-order valence-corrected chi connectivity index (χ1v) is 5.89. The summed E-state index contributed by atoms with van der Waals surface area (Å²) in [5.74, 6) is -2.81. The first-order valence-electron chi connectivity index (χ1n) is 5.89. The Hall–Kier alpha value is -2.04. The average molecular weight is 283 g/mol. The van der Waals surface area contributed by atoms with Gasteiger partial charge in [0, 0.05) is 0 Å². The largest absolute Gasteiger partial charge is 0.394 e. The summed E-state index contributed by atoms with van der Waals surface area (Å²) in [4.78, 5) is 19.0. The maximum atomic E-state index is 15.3. The normalized spacial score (nSPS) is 34.9. The number of rotatable bonds is 1. The number of hydrogen-bond donors (Lipinski definition) is 3. The van der Waals surface area contributed by atoms with E-state index in [9.17, 15) is 9.90 Å². The molecule has 0 aromatic carbocycles. The molecule has 4 heterocycles. The third-order valence-corrected chi connectivity index (χ3v) is 3.82. The highest BCUT2D eigenvalue weighted by Gasteiger charge is 2.64. The molecule has 1 fully saturated rings. The Morgan fingerprint density at radius 2 is 2.35 bits per heavy atom. The Morgan fingerprint density at radius 3 is 3.05 bits per heavy atom. The van der Waals surface area contributed by atoms with Gasteiger partial charge in [-0.1, -0.05) is 0 Å². The summed E-state index contributed by atoms with van der Waals surface area (Å²) in [5.41, 5.74) is 4.99. The number of nitrogen functional groups attached to an aromatic ring is 1. The number of aromatic nitrogens is 4. The van der Waals surface area contributed by atoms with E-state index in [4.69, 9.17) is 15.6 Å². The fraction of sp³-hybridized carbons (Fsp3) is 0.500. The van der Waals surface area contributed by atoms with Crippen LogP contribution in [0.25, 0.3) is 11.2 Å². The Labute approximate surface area is 110 Å². The second-order valence-electron chi connectivity index (χ2n) is 4.82. The molecule has 9 nitrogen and oxygen atoms in total. The molecule has 0 radical (unpaired) electrons. The van der Waals surface area contributed by atoms with Crippen LogP contribution < -0.4 is 11.3 Å². The van der Waals surface area contributed by atoms with E-state index in [0.29, 0.717) is 0 Å². The number of halogens is 1. The topological polar surface area (TPSA) is 128 Å². The van der Waals surface area contributed by atoms with Gasteiger partial charge >= 0.3 is 5.56 Å². The number of alkyl halides is 1. The Balaban J connectivity index is 2.09. The van der Waals surface area contributed by atoms with Crippen LogP contribution >= 0.6 is 0 Å². The van der Waals surface area contributed by atoms with E-state index in [1.807, 2.05) is 0 Å². The van der Waals surface area contributed by atoms with Gasteiger partial charge in [-0.2, -0.15) is 4.98 Å². The molecule has 2 aromatic heterocycles. The highest BCUT2D eigenvalue weighted by Crippen LogP contribution is 2.51. The van der Waals surface area contributed by atoms with Gasteiger partial charge in [-0.3, -0.25) is 13.9 Å². The zero-order valence-corrected chi connectivity index (χ0v) is 9.97. The van der Waals surface area contributed by atoms with Crippen molar-refractivity contribution in [3.63, 3.8) is 0 Å². The van der Waals surface area contributed by atoms with Crippen LogP contribution in [0, 0.1) is 0 Å². The van der Waals surface area contributed by atoms with Crippen LogP contribution in [0.3, 0.4) is 0 Å². The van der Waals surface area contributed by atoms with Crippen molar-refractivity contribution in [1.82, 2.24) is 19.1 Å². The van der Waals surface area contributed by atoms with Gasteiger partial charge in [0.25, 0.3) is 5.79 Å². The molecular formula is C10H10FN5O4. The van der Waals surface area contributed by atoms with E-state index in [2.05, 4.69) is 9.97 Å². The summed E-state index contributed by atoms with van der Waals surface area (Å²) in [5, 5.41) is 19.2. The van der Waals surface area contributed by atoms with Crippen LogP contribution in [0.2, 0.25) is 0 Å². The van der Waals surface area contributed by atoms with Crippen LogP contribution in [-0.2, 0) is 10.5 Å². The lowest BCUT2D eigenvalue weighted by atomic mass is 10.1. The zero-order chi connectivity index (χ0) is 14.2. The number of aliphatic hydroxyl groups excluding tert-OH is 2. The molecule has 4 atom stereocenters. The van der Waals surface area contributed by atoms with Gasteiger partial charge < -0.3 is 20.7 Å². The number of fused-ring (bicyclic) bond motifs is 3. The van der Waals surface area contributed by atoms with E-state index in [0.717, 1.165) is 4.57 Å². The lowest BCUT2D eigenvalue weighted by Gasteiger charge is -2.25. The molecular weight excluding hydrogens is 273 g/mol. The van der Waals surface area contributed by atoms with Crippen molar-refractivity contribution >= 4 is 17.1 Å². The minimum Gasteiger partial charge on any atom is -0.394 e. The van der Waals surface area contributed by atoms with Gasteiger partial charge in [0.1, 0.15) is 12.2 Å². The van der Waals surface area contributed by atoms with E-state index in [-0.39, 0.29) is 17.1 Å². The maximum absolute atomic E-state index is 15.3. The van der Waals surface area contributed by atoms with Crippen LogP contribution in [-0.4, -0.2) is 48.1 Å². The number of nitrogens with two attached hydrogens (primary N) is 1. The van der Waals surface area contributed by atoms with Crippen molar-refractivity contribution in [2.75, 3.05) is 12.3 Å². The number of ether oxygens (including phenoxy) is 1. The predicted molar refractivity (Wildman–Crippen MR) is 62.3 cm³/mol. The lowest BCUT2D eigenvalue weighted by Crippen LogP contribution is -2.44. The molecule has 0 bridgehead atoms. The van der Waals surface area contributed by atoms with Crippen LogP contribution in [0.15, 0.2) is 11.1 Å². The first-order chi connectivity index (χ1) is 9.50. The molecule has 4 rings (SSSR count). The number of aliphatic hydroxyl groups is 2. The van der Waals surface area contributed by atoms with Crippen molar-refractivity contribution in [3.8, 4) is 0 Å². The van der Waals surface area contributed by atoms with Crippen molar-refractivity contribution in [3.05, 3.63) is 16.7 Å². The third-order valence-electron chi connectivity index (χ3n) is 3.82. The number of hydrogen-bond acceptors (Lipinski definition) is 7. The van der Waals surface area contributed by atoms with E-state index >= 15 is 4.39 Å². The van der Waals surface area contributed by atoms with Gasteiger partial charge in [0.2, 0.25) is 5.95 Å². The molecule has 0 amide bonds. The smallest absolute Gasteiger partial charge is 0.302 e. The molecule has 0 saturated carbocycles. The second-order valence-corrected chi connectivity index (χ2v) is 4.82. The molecule has 4 N–H and O–H groups in total. The van der Waals surface area contributed by atoms with E-state index in [1.54, 1.807) is 0 Å². The van der Waals surface area contributed by atoms with Crippen LogP contribution in [0.1, 0.15) is 6.23 Å². The Kier molecular flexibility index (Phi) is 1.96. The molecule has 1 saturated heterocycles. The minimum absolute atomic E-state index is 0.0537. The van der Waals surface area contributed by atoms with E-state index in [1.165, 1.54) is 10.9 Å². The fourth-order valence-electron chi connectivity index (χ4n) is 2.94. The molecule has 2 aliphatic rings. The van der Waals surface area contributed by atoms with Gasteiger partial charge in [0.05, 0.1) is 12.9 Å². The molecule has 20 heavy (non-hydrogen) atoms. The lowest BCUT2D eigenvalue weighted by molar-refractivity contribution is -0.0849. The minimum atomic E-state index is -2.44. The molecule has 0 spiro atoms. The second kappa shape index (κ2) is 3.34. The maximum Gasteiger partial charge on any atom is 0.302 e. The van der Waals surface area contributed by atoms with Crippen molar-refractivity contribution < 1.29 is 19.3 Å². The highest BCUT2D eigenvalue weighted by molar-refractivity contribution is 5.74. The van der Waals surface area contributed by atoms with Crippen LogP contribution in [0.5, 0.6) is 0 Å². The molecule has 10 heteroatoms. The summed E-state index contributed by atoms with van der Waals surface area (Å²) in [6.45, 7) is -0.552. The van der Waals surface area contributed by atoms with Gasteiger partial charge in [-0.15, -0.1) is 0 Å². The standard InChI is InChI=1S/C10H10FN5O4/c11-10-5(18)3(1-17)20-8(10)15-2-13-4-6(19)14-9(12)16(10)7(4)15/h2-3,5,8,17-18H,1H2,(H2,12,14,19)/t3-,5?,8-,10?/m1/s1. The fourth-order valence-corrected chi connectivity index (χ4v) is 2.94. The Bertz CT molecular complexity index is 788. The average Bonchev–Trinajstić information content (AvgIpc) is 2.99. The summed E-state index contributed by atoms with van der Waals surface area (Å²) < 4.78 is 22.8. The van der Waals surface area contributed by atoms with Crippen LogP contribution in [0.4, 0.5) is 10.3 Å². The SMILES string of the molecule is Nc1nc(=O)c2ncn3c2n1C1(F)C(O)[C@@H](CO)O[C@@H]31. The predicted octanol–water partition coefficient (Wildman–Crippen LogP) is -1.94. The van der Waals surface area contributed by atoms with Gasteiger partial charge in [0.15, 0.2) is 17.4 Å². The molecule has 2 unspecified atom stereocenters. The Morgan fingerprint density at radius 1 is 1.60 bits per heavy atom. The molecule has 0 aliphatic carbocycles. The number of anilines is 1. The zero-order valence-electron chi connectivity index (χ0n) is 9.97. The third kappa shape index (κ3) is 1.03. The van der Waals surface area contributed by atoms with Crippen molar-refractivity contribution in [2.45, 2.75) is 24.2 Å². The monoisotopic (exact) mass is 283 g/mol. The van der Waals surface area contributed by atoms with Crippen molar-refractivity contribution in [1.29, 1.82) is 0 Å². The first kappa shape index (κ1) is 11.8. The number of nitrogens with zero attached hydrogens (tertiary/aromatic N) is 4. The van der Waals surface area contributed by atoms with E-state index < -0.39 is 36.4 Å². The van der Waals surface area contributed by atoms with Crippen molar-refractivity contribution in [2.24, 2.45) is 0 Å². The number of imidazole rings is 1. The molecule has 106 valence electrons. The summed E-state index contributed by atoms with van der Waals surface area (Å²) in [6, 6.07) is 0.